The Bertz CT molecular complexity index is 1010. The van der Waals surface area contributed by atoms with Gasteiger partial charge in [0.05, 0.1) is 9.31 Å². The van der Waals surface area contributed by atoms with Crippen molar-refractivity contribution in [3.63, 3.8) is 0 Å². The highest BCUT2D eigenvalue weighted by Gasteiger charge is 2.61. The van der Waals surface area contributed by atoms with E-state index in [0.717, 1.165) is 9.46 Å². The van der Waals surface area contributed by atoms with Crippen molar-refractivity contribution in [3.8, 4) is 16.9 Å². The maximum absolute atomic E-state index is 15.1. The Morgan fingerprint density at radius 1 is 1.10 bits per heavy atom. The number of carbonyl (C=O) groups is 1. The van der Waals surface area contributed by atoms with Gasteiger partial charge in [-0.25, -0.2) is 4.39 Å². The van der Waals surface area contributed by atoms with Crippen molar-refractivity contribution >= 4 is 37.8 Å². The van der Waals surface area contributed by atoms with Crippen molar-refractivity contribution in [3.05, 3.63) is 63.3 Å². The molecule has 0 unspecified atom stereocenters. The number of halogens is 6. The highest BCUT2D eigenvalue weighted by molar-refractivity contribution is 9.28. The highest BCUT2D eigenvalue weighted by Crippen LogP contribution is 2.60. The summed E-state index contributed by atoms with van der Waals surface area (Å²) in [5.41, 5.74) is -0.372. The first-order chi connectivity index (χ1) is 14.4. The van der Waals surface area contributed by atoms with Gasteiger partial charge in [-0.3, -0.25) is 4.79 Å². The molecule has 1 aliphatic rings. The summed E-state index contributed by atoms with van der Waals surface area (Å²) in [7, 11) is 0. The summed E-state index contributed by atoms with van der Waals surface area (Å²) >= 11 is 6.56. The minimum atomic E-state index is -4.91. The van der Waals surface area contributed by atoms with E-state index >= 15 is 4.39 Å². The number of hydrogen-bond acceptors (Lipinski definition) is 3. The second-order valence-electron chi connectivity index (χ2n) is 7.71. The molecule has 0 heterocycles. The first-order valence-electron chi connectivity index (χ1n) is 9.24. The van der Waals surface area contributed by atoms with Crippen LogP contribution in [0.4, 0.5) is 17.6 Å². The van der Waals surface area contributed by atoms with E-state index in [-0.39, 0.29) is 40.5 Å². The van der Waals surface area contributed by atoms with Crippen molar-refractivity contribution in [2.45, 2.75) is 26.8 Å². The lowest BCUT2D eigenvalue weighted by Gasteiger charge is -2.15. The molecule has 2 aromatic carbocycles. The smallest absolute Gasteiger partial charge is 0.460 e. The van der Waals surface area contributed by atoms with Gasteiger partial charge in [-0.15, -0.1) is 13.2 Å². The Labute approximate surface area is 193 Å². The van der Waals surface area contributed by atoms with Crippen molar-refractivity contribution in [2.24, 2.45) is 17.3 Å². The van der Waals surface area contributed by atoms with Crippen molar-refractivity contribution in [1.29, 1.82) is 0 Å². The fraction of sp³-hybridized carbons (Fsp3) is 0.318. The number of benzene rings is 2. The van der Waals surface area contributed by atoms with E-state index in [1.54, 1.807) is 0 Å². The van der Waals surface area contributed by atoms with Gasteiger partial charge in [0, 0.05) is 16.7 Å². The fourth-order valence-electron chi connectivity index (χ4n) is 3.62. The van der Waals surface area contributed by atoms with Crippen LogP contribution in [0.5, 0.6) is 5.75 Å². The molecule has 166 valence electrons. The molecule has 0 saturated heterocycles. The molecule has 1 fully saturated rings. The van der Waals surface area contributed by atoms with Gasteiger partial charge >= 0.3 is 12.3 Å². The van der Waals surface area contributed by atoms with E-state index < -0.39 is 23.9 Å². The lowest BCUT2D eigenvalue weighted by molar-refractivity contribution is -0.274. The molecule has 3 rings (SSSR count). The van der Waals surface area contributed by atoms with Crippen LogP contribution in [0.3, 0.4) is 0 Å². The summed E-state index contributed by atoms with van der Waals surface area (Å²) in [5, 5.41) is 0. The molecule has 0 amide bonds. The quantitative estimate of drug-likeness (QED) is 0.271. The Morgan fingerprint density at radius 2 is 1.74 bits per heavy atom. The predicted octanol–water partition coefficient (Wildman–Crippen LogP) is 7.34. The lowest BCUT2D eigenvalue weighted by atomic mass is 10.0. The van der Waals surface area contributed by atoms with Crippen LogP contribution in [-0.4, -0.2) is 12.3 Å². The van der Waals surface area contributed by atoms with E-state index in [4.69, 9.17) is 4.74 Å². The molecular weight excluding hydrogens is 548 g/mol. The third kappa shape index (κ3) is 5.49. The van der Waals surface area contributed by atoms with Crippen LogP contribution in [0, 0.1) is 23.1 Å². The average Bonchev–Trinajstić information content (AvgIpc) is 3.19. The molecule has 1 aliphatic carbocycles. The Morgan fingerprint density at radius 3 is 2.39 bits per heavy atom. The lowest BCUT2D eigenvalue weighted by Crippen LogP contribution is -2.17. The Balaban J connectivity index is 1.79. The normalized spacial score (nSPS) is 19.5. The summed E-state index contributed by atoms with van der Waals surface area (Å²) < 4.78 is 63.3. The third-order valence-electron chi connectivity index (χ3n) is 5.32. The summed E-state index contributed by atoms with van der Waals surface area (Å²) in [6, 6.07) is 9.54. The van der Waals surface area contributed by atoms with Crippen LogP contribution in [0.15, 0.2) is 51.9 Å². The number of hydrogen-bond donors (Lipinski definition) is 0. The second-order valence-corrected chi connectivity index (χ2v) is 10.5. The van der Waals surface area contributed by atoms with Crippen molar-refractivity contribution in [1.82, 2.24) is 0 Å². The Kier molecular flexibility index (Phi) is 6.86. The Hall–Kier alpha value is -1.87. The molecule has 2 atom stereocenters. The minimum Gasteiger partial charge on any atom is -0.460 e. The van der Waals surface area contributed by atoms with Crippen molar-refractivity contribution in [2.75, 3.05) is 0 Å². The molecule has 0 aliphatic heterocycles. The van der Waals surface area contributed by atoms with Crippen LogP contribution >= 0.6 is 31.9 Å². The topological polar surface area (TPSA) is 35.5 Å². The third-order valence-corrected chi connectivity index (χ3v) is 5.85. The zero-order valence-electron chi connectivity index (χ0n) is 16.5. The molecule has 1 saturated carbocycles. The van der Waals surface area contributed by atoms with Gasteiger partial charge < -0.3 is 9.47 Å². The van der Waals surface area contributed by atoms with Gasteiger partial charge in [0.25, 0.3) is 0 Å². The first-order valence-corrected chi connectivity index (χ1v) is 10.8. The molecule has 0 spiro atoms. The van der Waals surface area contributed by atoms with Gasteiger partial charge in [0.1, 0.15) is 18.2 Å². The minimum absolute atomic E-state index is 0.0312. The maximum atomic E-state index is 15.1. The maximum Gasteiger partial charge on any atom is 0.573 e. The van der Waals surface area contributed by atoms with E-state index in [9.17, 15) is 18.0 Å². The number of alkyl halides is 3. The monoisotopic (exact) mass is 564 g/mol. The van der Waals surface area contributed by atoms with Gasteiger partial charge in [-0.05, 0) is 49.3 Å². The summed E-state index contributed by atoms with van der Waals surface area (Å²) in [5.74, 6) is -2.15. The van der Waals surface area contributed by atoms with E-state index in [1.165, 1.54) is 36.4 Å². The van der Waals surface area contributed by atoms with E-state index in [1.807, 2.05) is 19.9 Å². The SMILES string of the molecule is CC1(C)[C@H](C(=O)OCc2cccc(-c3ccccc3OC(F)(F)F)c2F)[C@@H]1C=C(Br)Br. The van der Waals surface area contributed by atoms with E-state index in [0.29, 0.717) is 0 Å². The van der Waals surface area contributed by atoms with E-state index in [2.05, 4.69) is 36.6 Å². The molecule has 9 heteroatoms. The van der Waals surface area contributed by atoms with Crippen LogP contribution in [-0.2, 0) is 16.1 Å². The first kappa shape index (κ1) is 23.8. The number of rotatable bonds is 6. The second kappa shape index (κ2) is 8.94. The average molecular weight is 566 g/mol. The molecule has 3 nitrogen and oxygen atoms in total. The number of ether oxygens (including phenoxy) is 2. The zero-order chi connectivity index (χ0) is 23.0. The van der Waals surface area contributed by atoms with Crippen LogP contribution in [0.25, 0.3) is 11.1 Å². The highest BCUT2D eigenvalue weighted by atomic mass is 79.9. The van der Waals surface area contributed by atoms with Crippen molar-refractivity contribution < 1.29 is 31.8 Å². The molecule has 0 radical (unpaired) electrons. The summed E-state index contributed by atoms with van der Waals surface area (Å²) in [4.78, 5) is 12.5. The van der Waals surface area contributed by atoms with Gasteiger partial charge in [-0.1, -0.05) is 56.3 Å². The van der Waals surface area contributed by atoms with Gasteiger partial charge in [0.15, 0.2) is 0 Å². The molecular formula is C22H18Br2F4O3. The summed E-state index contributed by atoms with van der Waals surface area (Å²) in [6.07, 6.45) is -3.05. The van der Waals surface area contributed by atoms with Crippen LogP contribution < -0.4 is 4.74 Å². The number of allylic oxidation sites excluding steroid dienone is 1. The van der Waals surface area contributed by atoms with Gasteiger partial charge in [-0.2, -0.15) is 0 Å². The standard InChI is InChI=1S/C22H18Br2F4O3/c1-21(2)15(10-17(23)24)18(21)20(29)30-11-12-6-5-8-14(19(12)25)13-7-3-4-9-16(13)31-22(26,27)28/h3-10,15,18H,11H2,1-2H3/t15-,18-/m0/s1. The molecule has 0 aromatic heterocycles. The molecule has 0 bridgehead atoms. The van der Waals surface area contributed by atoms with Crippen LogP contribution in [0.2, 0.25) is 0 Å². The molecule has 0 N–H and O–H groups in total. The predicted molar refractivity (Wildman–Crippen MR) is 115 cm³/mol. The van der Waals surface area contributed by atoms with Gasteiger partial charge in [0.2, 0.25) is 0 Å². The molecule has 2 aromatic rings. The summed E-state index contributed by atoms with van der Waals surface area (Å²) in [6.45, 7) is 3.53. The molecule has 31 heavy (non-hydrogen) atoms. The number of carbonyl (C=O) groups excluding carboxylic acids is 1. The number of para-hydroxylation sites is 1. The zero-order valence-corrected chi connectivity index (χ0v) is 19.6. The fourth-order valence-corrected chi connectivity index (χ4v) is 4.18. The largest absolute Gasteiger partial charge is 0.573 e. The van der Waals surface area contributed by atoms with Crippen LogP contribution in [0.1, 0.15) is 19.4 Å². The number of esters is 1.